The first-order chi connectivity index (χ1) is 12.2. The van der Waals surface area contributed by atoms with Gasteiger partial charge < -0.3 is 10.1 Å². The molecule has 2 unspecified atom stereocenters. The summed E-state index contributed by atoms with van der Waals surface area (Å²) in [5.41, 5.74) is 2.15. The summed E-state index contributed by atoms with van der Waals surface area (Å²) in [7, 11) is 0. The molecular formula is C22H33NO3. The van der Waals surface area contributed by atoms with Crippen molar-refractivity contribution in [1.82, 2.24) is 0 Å². The molecule has 1 aromatic rings. The van der Waals surface area contributed by atoms with Gasteiger partial charge in [-0.15, -0.1) is 0 Å². The molecule has 1 fully saturated rings. The van der Waals surface area contributed by atoms with Gasteiger partial charge in [-0.3, -0.25) is 9.59 Å². The van der Waals surface area contributed by atoms with E-state index in [4.69, 9.17) is 4.74 Å². The maximum absolute atomic E-state index is 12.9. The van der Waals surface area contributed by atoms with E-state index in [1.165, 1.54) is 13.3 Å². The lowest BCUT2D eigenvalue weighted by atomic mass is 9.64. The van der Waals surface area contributed by atoms with E-state index in [2.05, 4.69) is 33.0 Å². The molecule has 0 bridgehead atoms. The van der Waals surface area contributed by atoms with Crippen molar-refractivity contribution in [2.45, 2.75) is 60.3 Å². The van der Waals surface area contributed by atoms with Crippen LogP contribution in [0.5, 0.6) is 0 Å². The molecule has 1 aromatic carbocycles. The lowest BCUT2D eigenvalue weighted by Gasteiger charge is -2.41. The Balaban J connectivity index is 1.97. The van der Waals surface area contributed by atoms with E-state index >= 15 is 0 Å². The second kappa shape index (κ2) is 8.70. The lowest BCUT2D eigenvalue weighted by molar-refractivity contribution is -0.140. The Morgan fingerprint density at radius 2 is 1.88 bits per heavy atom. The minimum atomic E-state index is -0.260. The summed E-state index contributed by atoms with van der Waals surface area (Å²) in [5, 5.41) is 3.11. The Labute approximate surface area is 157 Å². The van der Waals surface area contributed by atoms with Gasteiger partial charge in [0.2, 0.25) is 5.91 Å². The number of carbonyl (C=O) groups is 2. The molecule has 1 aliphatic rings. The van der Waals surface area contributed by atoms with Crippen LogP contribution in [-0.4, -0.2) is 18.5 Å². The maximum atomic E-state index is 12.9. The predicted molar refractivity (Wildman–Crippen MR) is 105 cm³/mol. The largest absolute Gasteiger partial charge is 0.466 e. The minimum absolute atomic E-state index is 0.0717. The zero-order valence-corrected chi connectivity index (χ0v) is 16.8. The second-order valence-corrected chi connectivity index (χ2v) is 8.70. The SMILES string of the molecule is CC(=O)OCCc1ccc(NC(=O)C2CC(C)(C)CCC2C(C)C)cc1. The van der Waals surface area contributed by atoms with Crippen molar-refractivity contribution in [2.24, 2.45) is 23.2 Å². The van der Waals surface area contributed by atoms with Crippen molar-refractivity contribution in [3.63, 3.8) is 0 Å². The number of carbonyl (C=O) groups excluding carboxylic acids is 2. The van der Waals surface area contributed by atoms with Gasteiger partial charge in [-0.2, -0.15) is 0 Å². The van der Waals surface area contributed by atoms with E-state index in [1.807, 2.05) is 24.3 Å². The zero-order valence-electron chi connectivity index (χ0n) is 16.8. The number of esters is 1. The summed E-state index contributed by atoms with van der Waals surface area (Å²) < 4.78 is 4.96. The van der Waals surface area contributed by atoms with Crippen LogP contribution in [0.4, 0.5) is 5.69 Å². The number of benzene rings is 1. The van der Waals surface area contributed by atoms with E-state index in [9.17, 15) is 9.59 Å². The minimum Gasteiger partial charge on any atom is -0.466 e. The van der Waals surface area contributed by atoms with E-state index in [-0.39, 0.29) is 23.2 Å². The molecule has 2 rings (SSSR count). The van der Waals surface area contributed by atoms with Crippen molar-refractivity contribution in [3.05, 3.63) is 29.8 Å². The Hall–Kier alpha value is -1.84. The highest BCUT2D eigenvalue weighted by Crippen LogP contribution is 2.44. The van der Waals surface area contributed by atoms with Crippen molar-refractivity contribution in [1.29, 1.82) is 0 Å². The number of ether oxygens (including phenoxy) is 1. The van der Waals surface area contributed by atoms with E-state index < -0.39 is 0 Å². The van der Waals surface area contributed by atoms with Gasteiger partial charge in [0.15, 0.2) is 0 Å². The van der Waals surface area contributed by atoms with Crippen LogP contribution in [0.1, 0.15) is 59.4 Å². The standard InChI is InChI=1S/C22H33NO3/c1-15(2)19-10-12-22(4,5)14-20(19)21(25)23-18-8-6-17(7-9-18)11-13-26-16(3)24/h6-9,15,19-20H,10-14H2,1-5H3,(H,23,25). The molecule has 0 saturated heterocycles. The average molecular weight is 360 g/mol. The highest BCUT2D eigenvalue weighted by Gasteiger charge is 2.39. The molecule has 1 saturated carbocycles. The fraction of sp³-hybridized carbons (Fsp3) is 0.636. The van der Waals surface area contributed by atoms with Gasteiger partial charge in [-0.05, 0) is 54.2 Å². The molecule has 26 heavy (non-hydrogen) atoms. The van der Waals surface area contributed by atoms with Crippen LogP contribution in [0, 0.1) is 23.2 Å². The number of amides is 1. The van der Waals surface area contributed by atoms with Gasteiger partial charge in [0.1, 0.15) is 0 Å². The molecule has 1 amide bonds. The van der Waals surface area contributed by atoms with Gasteiger partial charge >= 0.3 is 5.97 Å². The van der Waals surface area contributed by atoms with Gasteiger partial charge in [-0.25, -0.2) is 0 Å². The normalized spacial score (nSPS) is 22.1. The number of nitrogens with one attached hydrogen (secondary N) is 1. The van der Waals surface area contributed by atoms with E-state index in [0.717, 1.165) is 24.1 Å². The van der Waals surface area contributed by atoms with Crippen LogP contribution in [0.3, 0.4) is 0 Å². The third-order valence-corrected chi connectivity index (χ3v) is 5.55. The van der Waals surface area contributed by atoms with E-state index in [1.54, 1.807) is 0 Å². The number of hydrogen-bond donors (Lipinski definition) is 1. The summed E-state index contributed by atoms with van der Waals surface area (Å²) in [6, 6.07) is 7.81. The van der Waals surface area contributed by atoms with Gasteiger partial charge in [0.25, 0.3) is 0 Å². The summed E-state index contributed by atoms with van der Waals surface area (Å²) in [4.78, 5) is 23.7. The van der Waals surface area contributed by atoms with Crippen molar-refractivity contribution in [3.8, 4) is 0 Å². The van der Waals surface area contributed by atoms with Crippen molar-refractivity contribution < 1.29 is 14.3 Å². The van der Waals surface area contributed by atoms with Crippen molar-refractivity contribution >= 4 is 17.6 Å². The van der Waals surface area contributed by atoms with Gasteiger partial charge in [-0.1, -0.05) is 39.8 Å². The van der Waals surface area contributed by atoms with E-state index in [0.29, 0.717) is 24.9 Å². The van der Waals surface area contributed by atoms with Crippen LogP contribution in [0.2, 0.25) is 0 Å². The molecule has 4 heteroatoms. The Morgan fingerprint density at radius 3 is 2.46 bits per heavy atom. The highest BCUT2D eigenvalue weighted by atomic mass is 16.5. The molecule has 144 valence electrons. The Kier molecular flexibility index (Phi) is 6.85. The van der Waals surface area contributed by atoms with Crippen LogP contribution in [0.15, 0.2) is 24.3 Å². The third-order valence-electron chi connectivity index (χ3n) is 5.55. The second-order valence-electron chi connectivity index (χ2n) is 8.70. The summed E-state index contributed by atoms with van der Waals surface area (Å²) in [6.45, 7) is 10.8. The highest BCUT2D eigenvalue weighted by molar-refractivity contribution is 5.92. The molecule has 1 N–H and O–H groups in total. The van der Waals surface area contributed by atoms with Gasteiger partial charge in [0.05, 0.1) is 6.61 Å². The summed E-state index contributed by atoms with van der Waals surface area (Å²) >= 11 is 0. The molecule has 1 aliphatic carbocycles. The van der Waals surface area contributed by atoms with Crippen LogP contribution in [0.25, 0.3) is 0 Å². The predicted octanol–water partition coefficient (Wildman–Crippen LogP) is 4.83. The molecule has 0 heterocycles. The summed E-state index contributed by atoms with van der Waals surface area (Å²) in [6.07, 6.45) is 3.94. The summed E-state index contributed by atoms with van der Waals surface area (Å²) in [5.74, 6) is 0.923. The fourth-order valence-corrected chi connectivity index (χ4v) is 3.99. The van der Waals surface area contributed by atoms with Crippen molar-refractivity contribution in [2.75, 3.05) is 11.9 Å². The molecule has 0 radical (unpaired) electrons. The molecule has 4 nitrogen and oxygen atoms in total. The zero-order chi connectivity index (χ0) is 19.3. The Bertz CT molecular complexity index is 619. The quantitative estimate of drug-likeness (QED) is 0.740. The fourth-order valence-electron chi connectivity index (χ4n) is 3.99. The first kappa shape index (κ1) is 20.5. The monoisotopic (exact) mass is 359 g/mol. The van der Waals surface area contributed by atoms with Crippen LogP contribution < -0.4 is 5.32 Å². The number of anilines is 1. The van der Waals surface area contributed by atoms with Crippen LogP contribution in [-0.2, 0) is 20.7 Å². The first-order valence-electron chi connectivity index (χ1n) is 9.71. The first-order valence-corrected chi connectivity index (χ1v) is 9.71. The Morgan fingerprint density at radius 1 is 1.23 bits per heavy atom. The average Bonchev–Trinajstić information content (AvgIpc) is 2.55. The molecule has 0 aliphatic heterocycles. The molecular weight excluding hydrogens is 326 g/mol. The topological polar surface area (TPSA) is 55.4 Å². The van der Waals surface area contributed by atoms with Gasteiger partial charge in [0, 0.05) is 24.9 Å². The third kappa shape index (κ3) is 5.86. The lowest BCUT2D eigenvalue weighted by Crippen LogP contribution is -2.39. The van der Waals surface area contributed by atoms with Crippen LogP contribution >= 0.6 is 0 Å². The molecule has 0 spiro atoms. The maximum Gasteiger partial charge on any atom is 0.302 e. The number of rotatable bonds is 6. The smallest absolute Gasteiger partial charge is 0.302 e. The number of hydrogen-bond acceptors (Lipinski definition) is 3. The molecule has 0 aromatic heterocycles. The molecule has 2 atom stereocenters.